The van der Waals surface area contributed by atoms with Gasteiger partial charge in [-0.2, -0.15) is 0 Å². The maximum absolute atomic E-state index is 13.9. The van der Waals surface area contributed by atoms with Crippen molar-refractivity contribution in [2.45, 2.75) is 39.8 Å². The zero-order chi connectivity index (χ0) is 36.3. The second-order valence-corrected chi connectivity index (χ2v) is 12.5. The van der Waals surface area contributed by atoms with Gasteiger partial charge in [0.05, 0.1) is 21.3 Å². The number of nitrogens with one attached hydrogen (secondary N) is 2. The molecule has 9 nitrogen and oxygen atoms in total. The number of hydrogen-bond donors (Lipinski definition) is 2. The minimum atomic E-state index is -0.317. The molecule has 2 aliphatic rings. The quantitative estimate of drug-likeness (QED) is 0.165. The fourth-order valence-electron chi connectivity index (χ4n) is 6.84. The zero-order valence-corrected chi connectivity index (χ0v) is 30.3. The Morgan fingerprint density at radius 3 is 1.71 bits per heavy atom. The number of anilines is 2. The van der Waals surface area contributed by atoms with Gasteiger partial charge in [-0.1, -0.05) is 56.3 Å². The van der Waals surface area contributed by atoms with Crippen LogP contribution in [0.3, 0.4) is 0 Å². The Bertz CT molecular complexity index is 1820. The number of carbonyl (C=O) groups is 2. The van der Waals surface area contributed by atoms with Crippen molar-refractivity contribution in [2.24, 2.45) is 0 Å². The van der Waals surface area contributed by atoms with Crippen molar-refractivity contribution in [1.82, 2.24) is 9.80 Å². The number of esters is 2. The van der Waals surface area contributed by atoms with Crippen molar-refractivity contribution in [3.63, 3.8) is 0 Å². The van der Waals surface area contributed by atoms with E-state index in [4.69, 9.17) is 14.2 Å². The molecule has 0 aliphatic carbocycles. The topological polar surface area (TPSA) is 92.4 Å². The number of halogens is 1. The van der Waals surface area contributed by atoms with Crippen LogP contribution in [0.4, 0.5) is 15.8 Å². The number of methoxy groups -OCH3 is 3. The average molecular weight is 697 g/mol. The van der Waals surface area contributed by atoms with Crippen LogP contribution >= 0.6 is 0 Å². The summed E-state index contributed by atoms with van der Waals surface area (Å²) in [5.41, 5.74) is 11.2. The van der Waals surface area contributed by atoms with E-state index in [0.717, 1.165) is 80.2 Å². The van der Waals surface area contributed by atoms with E-state index in [0.29, 0.717) is 5.75 Å². The molecule has 0 saturated heterocycles. The number of nitrogens with zero attached hydrogens (tertiary/aromatic N) is 2. The molecule has 2 aliphatic heterocycles. The highest BCUT2D eigenvalue weighted by Crippen LogP contribution is 2.39. The first-order valence-corrected chi connectivity index (χ1v) is 17.5. The smallest absolute Gasteiger partial charge is 0.325 e. The Morgan fingerprint density at radius 1 is 0.667 bits per heavy atom. The number of ether oxygens (including phenoxy) is 3. The number of fused-ring (bicyclic) bond motifs is 2. The van der Waals surface area contributed by atoms with Gasteiger partial charge in [0.15, 0.2) is 0 Å². The standard InChI is InChI=1S/C21H25FN2O3.C20H24N2O2/c1-4-24-10-9-16-15(17-11-14(22)5-8-20(17)26-2)6-7-19(18(16)13-24)23-12-21(25)27-3;1-3-22-12-11-17-16(15-7-5-4-6-8-15)9-10-19(18(17)14-22)21-13-20(23)24-2/h5-8,11,23H,4,9-10,12-13H2,1-3H3;4-10,21H,3,11-14H2,1-2H3. The second kappa shape index (κ2) is 17.8. The van der Waals surface area contributed by atoms with Gasteiger partial charge in [0.25, 0.3) is 0 Å². The summed E-state index contributed by atoms with van der Waals surface area (Å²) in [6.45, 7) is 10.3. The van der Waals surface area contributed by atoms with Crippen molar-refractivity contribution in [2.75, 3.05) is 71.2 Å². The third-order valence-corrected chi connectivity index (χ3v) is 9.71. The maximum Gasteiger partial charge on any atom is 0.325 e. The molecule has 0 aromatic heterocycles. The van der Waals surface area contributed by atoms with Gasteiger partial charge < -0.3 is 24.8 Å². The van der Waals surface area contributed by atoms with Gasteiger partial charge in [-0.25, -0.2) is 4.39 Å². The molecule has 0 spiro atoms. The van der Waals surface area contributed by atoms with Gasteiger partial charge in [0.2, 0.25) is 0 Å². The summed E-state index contributed by atoms with van der Waals surface area (Å²) in [7, 11) is 4.38. The molecule has 0 atom stereocenters. The molecule has 10 heteroatoms. The van der Waals surface area contributed by atoms with Crippen LogP contribution in [0.15, 0.2) is 72.8 Å². The maximum atomic E-state index is 13.9. The summed E-state index contributed by atoms with van der Waals surface area (Å²) < 4.78 is 28.8. The third kappa shape index (κ3) is 9.06. The Balaban J connectivity index is 0.000000199. The van der Waals surface area contributed by atoms with E-state index < -0.39 is 0 Å². The van der Waals surface area contributed by atoms with Crippen molar-refractivity contribution in [1.29, 1.82) is 0 Å². The normalized spacial score (nSPS) is 13.9. The first-order valence-electron chi connectivity index (χ1n) is 17.5. The van der Waals surface area contributed by atoms with Gasteiger partial charge in [-0.15, -0.1) is 0 Å². The van der Waals surface area contributed by atoms with Crippen molar-refractivity contribution >= 4 is 23.3 Å². The predicted molar refractivity (Wildman–Crippen MR) is 201 cm³/mol. The third-order valence-electron chi connectivity index (χ3n) is 9.71. The van der Waals surface area contributed by atoms with E-state index in [9.17, 15) is 14.0 Å². The van der Waals surface area contributed by atoms with Crippen LogP contribution in [0.25, 0.3) is 22.3 Å². The number of rotatable bonds is 11. The van der Waals surface area contributed by atoms with Crippen molar-refractivity contribution < 1.29 is 28.2 Å². The minimum Gasteiger partial charge on any atom is -0.496 e. The van der Waals surface area contributed by atoms with Crippen LogP contribution in [0.2, 0.25) is 0 Å². The Hall–Kier alpha value is -4.93. The molecule has 270 valence electrons. The fourth-order valence-corrected chi connectivity index (χ4v) is 6.84. The molecule has 51 heavy (non-hydrogen) atoms. The van der Waals surface area contributed by atoms with Gasteiger partial charge in [-0.3, -0.25) is 19.4 Å². The summed E-state index contributed by atoms with van der Waals surface area (Å²) in [6, 6.07) is 23.2. The summed E-state index contributed by atoms with van der Waals surface area (Å²) in [4.78, 5) is 27.8. The first-order chi connectivity index (χ1) is 24.8. The molecule has 0 fully saturated rings. The van der Waals surface area contributed by atoms with E-state index in [2.05, 4.69) is 70.7 Å². The molecule has 0 unspecified atom stereocenters. The van der Waals surface area contributed by atoms with Gasteiger partial charge in [-0.05, 0) is 95.2 Å². The Morgan fingerprint density at radius 2 is 1.20 bits per heavy atom. The minimum absolute atomic E-state index is 0.109. The highest BCUT2D eigenvalue weighted by molar-refractivity contribution is 5.81. The van der Waals surface area contributed by atoms with Crippen LogP contribution in [0.5, 0.6) is 5.75 Å². The SMILES string of the molecule is CCN1CCc2c(-c3cc(F)ccc3OC)ccc(NCC(=O)OC)c2C1.CCN1CCc2c(-c3ccccc3)ccc(NCC(=O)OC)c2C1. The molecular weight excluding hydrogens is 647 g/mol. The molecule has 0 amide bonds. The average Bonchev–Trinajstić information content (AvgIpc) is 3.18. The van der Waals surface area contributed by atoms with Crippen LogP contribution < -0.4 is 15.4 Å². The first kappa shape index (κ1) is 37.3. The molecule has 0 saturated carbocycles. The molecule has 0 bridgehead atoms. The Labute approximate surface area is 300 Å². The van der Waals surface area contributed by atoms with E-state index in [1.165, 1.54) is 54.2 Å². The lowest BCUT2D eigenvalue weighted by Crippen LogP contribution is -2.31. The second-order valence-electron chi connectivity index (χ2n) is 12.5. The molecule has 4 aromatic carbocycles. The lowest BCUT2D eigenvalue weighted by atomic mass is 9.89. The van der Waals surface area contributed by atoms with Gasteiger partial charge >= 0.3 is 11.9 Å². The number of hydrogen-bond acceptors (Lipinski definition) is 9. The van der Waals surface area contributed by atoms with E-state index in [-0.39, 0.29) is 30.8 Å². The molecule has 6 rings (SSSR count). The van der Waals surface area contributed by atoms with E-state index in [1.54, 1.807) is 13.2 Å². The van der Waals surface area contributed by atoms with Crippen molar-refractivity contribution in [3.8, 4) is 28.0 Å². The summed E-state index contributed by atoms with van der Waals surface area (Å²) in [6.07, 6.45) is 1.88. The van der Waals surface area contributed by atoms with Gasteiger partial charge in [0.1, 0.15) is 24.7 Å². The highest BCUT2D eigenvalue weighted by Gasteiger charge is 2.24. The number of carbonyl (C=O) groups excluding carboxylic acids is 2. The predicted octanol–water partition coefficient (Wildman–Crippen LogP) is 6.78. The molecule has 0 radical (unpaired) electrons. The fraction of sp³-hybridized carbons (Fsp3) is 0.366. The van der Waals surface area contributed by atoms with E-state index in [1.807, 2.05) is 18.2 Å². The monoisotopic (exact) mass is 696 g/mol. The molecule has 4 aromatic rings. The summed E-state index contributed by atoms with van der Waals surface area (Å²) >= 11 is 0. The molecule has 2 N–H and O–H groups in total. The molecular formula is C41H49FN4O5. The lowest BCUT2D eigenvalue weighted by molar-refractivity contribution is -0.139. The van der Waals surface area contributed by atoms with Crippen LogP contribution in [0.1, 0.15) is 36.1 Å². The van der Waals surface area contributed by atoms with Gasteiger partial charge in [0, 0.05) is 43.1 Å². The molecule has 2 heterocycles. The zero-order valence-electron chi connectivity index (χ0n) is 30.3. The summed E-state index contributed by atoms with van der Waals surface area (Å²) in [5.74, 6) is -0.216. The van der Waals surface area contributed by atoms with Crippen LogP contribution in [0, 0.1) is 5.82 Å². The lowest BCUT2D eigenvalue weighted by Gasteiger charge is -2.31. The number of benzene rings is 4. The van der Waals surface area contributed by atoms with E-state index >= 15 is 0 Å². The van der Waals surface area contributed by atoms with Crippen LogP contribution in [-0.2, 0) is 45.0 Å². The number of likely N-dealkylation sites (N-methyl/N-ethyl adjacent to an activating group) is 2. The Kier molecular flexibility index (Phi) is 13.0. The van der Waals surface area contributed by atoms with Crippen molar-refractivity contribution in [3.05, 3.63) is 101 Å². The highest BCUT2D eigenvalue weighted by atomic mass is 19.1. The summed E-state index contributed by atoms with van der Waals surface area (Å²) in [5, 5.41) is 6.43. The van der Waals surface area contributed by atoms with Crippen LogP contribution in [-0.4, -0.2) is 82.3 Å². The largest absolute Gasteiger partial charge is 0.496 e.